The number of H-pyrrole nitrogens is 1. The van der Waals surface area contributed by atoms with Crippen LogP contribution >= 0.6 is 0 Å². The lowest BCUT2D eigenvalue weighted by Crippen LogP contribution is -2.14. The summed E-state index contributed by atoms with van der Waals surface area (Å²) in [6, 6.07) is 8.31. The molecule has 96 valence electrons. The van der Waals surface area contributed by atoms with Gasteiger partial charge in [0.15, 0.2) is 0 Å². The van der Waals surface area contributed by atoms with Crippen LogP contribution in [0.15, 0.2) is 30.5 Å². The van der Waals surface area contributed by atoms with E-state index in [0.29, 0.717) is 12.0 Å². The number of hydrogen-bond donors (Lipinski definition) is 2. The predicted molar refractivity (Wildman–Crippen MR) is 76.5 cm³/mol. The summed E-state index contributed by atoms with van der Waals surface area (Å²) in [5, 5.41) is 3.49. The molecule has 1 aliphatic rings. The van der Waals surface area contributed by atoms with Gasteiger partial charge in [0.2, 0.25) is 0 Å². The molecule has 3 nitrogen and oxygen atoms in total. The van der Waals surface area contributed by atoms with Gasteiger partial charge in [0.1, 0.15) is 5.82 Å². The van der Waals surface area contributed by atoms with E-state index in [4.69, 9.17) is 6.42 Å². The first-order chi connectivity index (χ1) is 9.26. The molecule has 0 bridgehead atoms. The molecule has 1 aromatic carbocycles. The highest BCUT2D eigenvalue weighted by atomic mass is 15.0. The Hall–Kier alpha value is -2.05. The van der Waals surface area contributed by atoms with E-state index in [1.165, 1.54) is 0 Å². The van der Waals surface area contributed by atoms with E-state index in [2.05, 4.69) is 28.1 Å². The number of benzene rings is 1. The fraction of sp³-hybridized carbons (Fsp3) is 0.312. The van der Waals surface area contributed by atoms with Gasteiger partial charge in [0.25, 0.3) is 0 Å². The Morgan fingerprint density at radius 1 is 1.32 bits per heavy atom. The summed E-state index contributed by atoms with van der Waals surface area (Å²) in [6.07, 6.45) is 8.40. The van der Waals surface area contributed by atoms with E-state index in [0.717, 1.165) is 35.6 Å². The Bertz CT molecular complexity index is 604. The molecule has 19 heavy (non-hydrogen) atoms. The second-order valence-electron chi connectivity index (χ2n) is 5.21. The summed E-state index contributed by atoms with van der Waals surface area (Å²) in [7, 11) is 0. The lowest BCUT2D eigenvalue weighted by molar-refractivity contribution is 0.588. The van der Waals surface area contributed by atoms with Crippen molar-refractivity contribution in [2.24, 2.45) is 5.92 Å². The van der Waals surface area contributed by atoms with Crippen LogP contribution in [0.5, 0.6) is 0 Å². The molecule has 2 N–H and O–H groups in total. The van der Waals surface area contributed by atoms with Crippen LogP contribution < -0.4 is 5.32 Å². The molecule has 2 atom stereocenters. The molecule has 1 aromatic heterocycles. The van der Waals surface area contributed by atoms with Gasteiger partial charge in [-0.3, -0.25) is 0 Å². The number of nitrogens with zero attached hydrogens (tertiary/aromatic N) is 1. The SMILES string of the molecule is C#Cc1ccc(-c2cnc([C@@H]3C[C@H](C)CN3)[nH]2)cc1. The minimum atomic E-state index is 0.355. The standard InChI is InChI=1S/C16H17N3/c1-3-12-4-6-13(7-5-12)15-10-18-16(19-15)14-8-11(2)9-17-14/h1,4-7,10-11,14,17H,8-9H2,2H3,(H,18,19)/t11-,14-/m0/s1. The highest BCUT2D eigenvalue weighted by molar-refractivity contribution is 5.59. The lowest BCUT2D eigenvalue weighted by atomic mass is 10.1. The molecule has 2 heterocycles. The second kappa shape index (κ2) is 4.91. The third kappa shape index (κ3) is 2.40. The van der Waals surface area contributed by atoms with Gasteiger partial charge in [0.05, 0.1) is 17.9 Å². The number of aromatic amines is 1. The van der Waals surface area contributed by atoms with Crippen molar-refractivity contribution in [1.82, 2.24) is 15.3 Å². The van der Waals surface area contributed by atoms with Gasteiger partial charge in [-0.2, -0.15) is 0 Å². The summed E-state index contributed by atoms with van der Waals surface area (Å²) in [5.41, 5.74) is 3.05. The van der Waals surface area contributed by atoms with Crippen molar-refractivity contribution >= 4 is 0 Å². The van der Waals surface area contributed by atoms with E-state index in [-0.39, 0.29) is 0 Å². The zero-order valence-electron chi connectivity index (χ0n) is 11.0. The molecule has 3 heteroatoms. The molecule has 1 fully saturated rings. The van der Waals surface area contributed by atoms with Crippen molar-refractivity contribution in [1.29, 1.82) is 0 Å². The number of imidazole rings is 1. The third-order valence-electron chi connectivity index (χ3n) is 3.64. The maximum atomic E-state index is 5.36. The van der Waals surface area contributed by atoms with Crippen LogP contribution in [0.25, 0.3) is 11.3 Å². The first-order valence-corrected chi connectivity index (χ1v) is 6.61. The number of hydrogen-bond acceptors (Lipinski definition) is 2. The Kier molecular flexibility index (Phi) is 3.10. The first-order valence-electron chi connectivity index (χ1n) is 6.61. The normalized spacial score (nSPS) is 22.3. The summed E-state index contributed by atoms with van der Waals surface area (Å²) >= 11 is 0. The number of aromatic nitrogens is 2. The Morgan fingerprint density at radius 3 is 2.74 bits per heavy atom. The molecule has 3 rings (SSSR count). The van der Waals surface area contributed by atoms with Crippen LogP contribution in [0.2, 0.25) is 0 Å². The van der Waals surface area contributed by atoms with Gasteiger partial charge in [-0.25, -0.2) is 4.98 Å². The zero-order chi connectivity index (χ0) is 13.2. The molecular formula is C16H17N3. The zero-order valence-corrected chi connectivity index (χ0v) is 11.0. The van der Waals surface area contributed by atoms with Crippen LogP contribution in [0.3, 0.4) is 0 Å². The van der Waals surface area contributed by atoms with Crippen molar-refractivity contribution < 1.29 is 0 Å². The molecule has 0 radical (unpaired) electrons. The maximum absolute atomic E-state index is 5.36. The molecular weight excluding hydrogens is 234 g/mol. The molecule has 0 aliphatic carbocycles. The van der Waals surface area contributed by atoms with Crippen molar-refractivity contribution in [3.63, 3.8) is 0 Å². The first kappa shape index (κ1) is 12.0. The molecule has 0 unspecified atom stereocenters. The highest BCUT2D eigenvalue weighted by Gasteiger charge is 2.24. The van der Waals surface area contributed by atoms with E-state index in [9.17, 15) is 0 Å². The average Bonchev–Trinajstić information content (AvgIpc) is 3.07. The number of terminal acetylenes is 1. The molecule has 0 spiro atoms. The van der Waals surface area contributed by atoms with E-state index in [1.54, 1.807) is 0 Å². The molecule has 0 amide bonds. The molecule has 0 saturated carbocycles. The summed E-state index contributed by atoms with van der Waals surface area (Å²) in [4.78, 5) is 7.90. The molecule has 1 saturated heterocycles. The van der Waals surface area contributed by atoms with Gasteiger partial charge in [0, 0.05) is 5.56 Å². The molecule has 1 aliphatic heterocycles. The van der Waals surface area contributed by atoms with E-state index in [1.807, 2.05) is 30.5 Å². The summed E-state index contributed by atoms with van der Waals surface area (Å²) in [6.45, 7) is 3.33. The topological polar surface area (TPSA) is 40.7 Å². The van der Waals surface area contributed by atoms with Crippen molar-refractivity contribution in [3.8, 4) is 23.6 Å². The van der Waals surface area contributed by atoms with Crippen LogP contribution in [0.1, 0.15) is 30.8 Å². The quantitative estimate of drug-likeness (QED) is 0.806. The number of rotatable bonds is 2. The van der Waals surface area contributed by atoms with Crippen LogP contribution in [-0.2, 0) is 0 Å². The average molecular weight is 251 g/mol. The lowest BCUT2D eigenvalue weighted by Gasteiger charge is -2.05. The summed E-state index contributed by atoms with van der Waals surface area (Å²) < 4.78 is 0. The van der Waals surface area contributed by atoms with Gasteiger partial charge in [-0.05, 0) is 36.6 Å². The van der Waals surface area contributed by atoms with Crippen molar-refractivity contribution in [2.75, 3.05) is 6.54 Å². The fourth-order valence-corrected chi connectivity index (χ4v) is 2.53. The van der Waals surface area contributed by atoms with Crippen molar-refractivity contribution in [2.45, 2.75) is 19.4 Å². The molecule has 2 aromatic rings. The monoisotopic (exact) mass is 251 g/mol. The maximum Gasteiger partial charge on any atom is 0.123 e. The highest BCUT2D eigenvalue weighted by Crippen LogP contribution is 2.26. The minimum absolute atomic E-state index is 0.355. The second-order valence-corrected chi connectivity index (χ2v) is 5.21. The smallest absolute Gasteiger partial charge is 0.123 e. The minimum Gasteiger partial charge on any atom is -0.341 e. The Morgan fingerprint density at radius 2 is 2.11 bits per heavy atom. The fourth-order valence-electron chi connectivity index (χ4n) is 2.53. The van der Waals surface area contributed by atoms with Gasteiger partial charge < -0.3 is 10.3 Å². The predicted octanol–water partition coefficient (Wildman–Crippen LogP) is 2.73. The van der Waals surface area contributed by atoms with Crippen LogP contribution in [0.4, 0.5) is 0 Å². The van der Waals surface area contributed by atoms with Gasteiger partial charge in [-0.1, -0.05) is 25.0 Å². The third-order valence-corrected chi connectivity index (χ3v) is 3.64. The van der Waals surface area contributed by atoms with E-state index >= 15 is 0 Å². The van der Waals surface area contributed by atoms with Crippen LogP contribution in [-0.4, -0.2) is 16.5 Å². The van der Waals surface area contributed by atoms with Gasteiger partial charge in [-0.15, -0.1) is 6.42 Å². The summed E-state index contributed by atoms with van der Waals surface area (Å²) in [5.74, 6) is 4.37. The Balaban J connectivity index is 1.82. The van der Waals surface area contributed by atoms with Crippen molar-refractivity contribution in [3.05, 3.63) is 41.9 Å². The van der Waals surface area contributed by atoms with E-state index < -0.39 is 0 Å². The largest absolute Gasteiger partial charge is 0.341 e. The Labute approximate surface area is 113 Å². The number of nitrogens with one attached hydrogen (secondary N) is 2. The van der Waals surface area contributed by atoms with Gasteiger partial charge >= 0.3 is 0 Å². The van der Waals surface area contributed by atoms with Crippen LogP contribution in [0, 0.1) is 18.3 Å².